The molecule has 0 bridgehead atoms. The Hall–Kier alpha value is -9.58. The summed E-state index contributed by atoms with van der Waals surface area (Å²) in [6.45, 7) is 8.73. The summed E-state index contributed by atoms with van der Waals surface area (Å²) in [6, 6.07) is 47.0. The molecule has 31 heteroatoms. The number of rotatable bonds is 28. The molecule has 7 amide bonds. The van der Waals surface area contributed by atoms with Gasteiger partial charge in [0.2, 0.25) is 53.7 Å². The normalized spacial score (nSPS) is 11.5. The molecule has 0 aromatic heterocycles. The van der Waals surface area contributed by atoms with Crippen LogP contribution in [-0.4, -0.2) is 109 Å². The second-order valence-electron chi connectivity index (χ2n) is 24.8. The lowest BCUT2D eigenvalue weighted by molar-refractivity contribution is -0.124. The second-order valence-corrected chi connectivity index (χ2v) is 31.7. The van der Waals surface area contributed by atoms with Crippen molar-refractivity contribution in [3.8, 4) is 5.75 Å². The summed E-state index contributed by atoms with van der Waals surface area (Å²) in [4.78, 5) is 84.7. The number of fused-ring (bicyclic) bond motifs is 1. The highest BCUT2D eigenvalue weighted by Gasteiger charge is 2.37. The third-order valence-corrected chi connectivity index (χ3v) is 19.1. The Morgan fingerprint density at radius 3 is 1.21 bits per heavy atom. The van der Waals surface area contributed by atoms with Gasteiger partial charge in [0.25, 0.3) is 17.7 Å². The van der Waals surface area contributed by atoms with Crippen LogP contribution in [0, 0.1) is 27.7 Å². The van der Waals surface area contributed by atoms with E-state index in [1.807, 2.05) is 56.3 Å². The first-order valence-corrected chi connectivity index (χ1v) is 40.2. The molecule has 0 saturated heterocycles. The number of aromatic hydroxyl groups is 1. The number of anilines is 3. The Bertz CT molecular complexity index is 4750. The molecule has 8 aromatic rings. The summed E-state index contributed by atoms with van der Waals surface area (Å²) < 4.78 is 74.2. The summed E-state index contributed by atoms with van der Waals surface area (Å²) in [7, 11) is -9.96. The van der Waals surface area contributed by atoms with Gasteiger partial charge in [-0.3, -0.25) is 69.4 Å². The Kier molecular flexibility index (Phi) is 34.6. The molecule has 0 atom stereocenters. The van der Waals surface area contributed by atoms with Crippen molar-refractivity contribution in [1.29, 1.82) is 0 Å². The van der Waals surface area contributed by atoms with Gasteiger partial charge >= 0.3 is 0 Å². The number of nitrogens with one attached hydrogen (secondary N) is 9. The van der Waals surface area contributed by atoms with E-state index in [0.29, 0.717) is 94.9 Å². The molecular formula is C76H88Cl4N10O14S3. The maximum atomic E-state index is 12.4. The summed E-state index contributed by atoms with van der Waals surface area (Å²) in [5.41, 5.74) is 24.3. The predicted molar refractivity (Wildman–Crippen MR) is 423 cm³/mol. The third kappa shape index (κ3) is 32.2. The van der Waals surface area contributed by atoms with E-state index in [1.165, 1.54) is 17.7 Å². The largest absolute Gasteiger partial charge is 0.508 e. The fourth-order valence-electron chi connectivity index (χ4n) is 9.88. The number of hydrogen-bond acceptors (Lipinski definition) is 15. The first-order chi connectivity index (χ1) is 50.0. The summed E-state index contributed by atoms with van der Waals surface area (Å²) >= 11 is 24.1. The van der Waals surface area contributed by atoms with Crippen molar-refractivity contribution in [2.24, 2.45) is 0 Å². The smallest absolute Gasteiger partial charge is 0.280 e. The fourth-order valence-corrected chi connectivity index (χ4v) is 12.3. The van der Waals surface area contributed by atoms with Crippen LogP contribution in [0.1, 0.15) is 126 Å². The van der Waals surface area contributed by atoms with Crippen LogP contribution in [0.2, 0.25) is 20.1 Å². The van der Waals surface area contributed by atoms with Gasteiger partial charge in [-0.25, -0.2) is 30.7 Å². The number of benzene rings is 8. The van der Waals surface area contributed by atoms with Crippen LogP contribution < -0.4 is 46.6 Å². The Morgan fingerprint density at radius 1 is 0.393 bits per heavy atom. The first kappa shape index (κ1) is 88.1. The molecule has 10 N–H and O–H groups in total. The lowest BCUT2D eigenvalue weighted by Crippen LogP contribution is -2.45. The lowest BCUT2D eigenvalue weighted by atomic mass is 10.1. The molecule has 1 aliphatic rings. The molecule has 1 heterocycles. The number of hydrazine groups is 3. The van der Waals surface area contributed by atoms with Gasteiger partial charge in [0.1, 0.15) is 5.75 Å². The quantitative estimate of drug-likeness (QED) is 0.0124. The van der Waals surface area contributed by atoms with Gasteiger partial charge in [0.05, 0.1) is 29.9 Å². The number of carbonyl (C=O) groups excluding carboxylic acids is 7. The minimum atomic E-state index is -3.36. The minimum Gasteiger partial charge on any atom is -0.508 e. The zero-order valence-electron chi connectivity index (χ0n) is 59.2. The molecule has 0 saturated carbocycles. The van der Waals surface area contributed by atoms with Crippen molar-refractivity contribution < 1.29 is 63.9 Å². The van der Waals surface area contributed by atoms with Gasteiger partial charge in [-0.2, -0.15) is 5.01 Å². The highest BCUT2D eigenvalue weighted by atomic mass is 35.5. The lowest BCUT2D eigenvalue weighted by Gasteiger charge is -2.15. The number of phenolic OH excluding ortho intramolecular Hbond substituents is 1. The molecule has 0 unspecified atom stereocenters. The van der Waals surface area contributed by atoms with Gasteiger partial charge in [0, 0.05) is 81.5 Å². The van der Waals surface area contributed by atoms with Gasteiger partial charge < -0.3 is 10.4 Å². The average molecular weight is 1600 g/mol. The van der Waals surface area contributed by atoms with Gasteiger partial charge in [-0.05, 0) is 219 Å². The molecule has 0 aliphatic carbocycles. The van der Waals surface area contributed by atoms with Crippen LogP contribution in [-0.2, 0) is 87.8 Å². The zero-order chi connectivity index (χ0) is 77.9. The Morgan fingerprint density at radius 2 is 0.776 bits per heavy atom. The topological polar surface area (TPSA) is 354 Å². The average Bonchev–Trinajstić information content (AvgIpc) is 1.62. The molecule has 107 heavy (non-hydrogen) atoms. The number of imide groups is 1. The molecule has 24 nitrogen and oxygen atoms in total. The van der Waals surface area contributed by atoms with Crippen LogP contribution >= 0.6 is 46.4 Å². The second kappa shape index (κ2) is 42.1. The molecule has 8 aromatic carbocycles. The Labute approximate surface area is 645 Å². The highest BCUT2D eigenvalue weighted by molar-refractivity contribution is 7.92. The van der Waals surface area contributed by atoms with E-state index in [9.17, 15) is 63.9 Å². The number of nitrogens with zero attached hydrogens (tertiary/aromatic N) is 1. The molecule has 0 spiro atoms. The van der Waals surface area contributed by atoms with Crippen LogP contribution in [0.3, 0.4) is 0 Å². The minimum absolute atomic E-state index is 0. The number of hydrogen-bond donors (Lipinski definition) is 10. The van der Waals surface area contributed by atoms with E-state index in [4.69, 9.17) is 46.4 Å². The van der Waals surface area contributed by atoms with Crippen LogP contribution in [0.4, 0.5) is 17.1 Å². The van der Waals surface area contributed by atoms with E-state index in [2.05, 4.69) is 52.7 Å². The zero-order valence-corrected chi connectivity index (χ0v) is 64.7. The van der Waals surface area contributed by atoms with Gasteiger partial charge in [0.15, 0.2) is 0 Å². The van der Waals surface area contributed by atoms with E-state index >= 15 is 0 Å². The first-order valence-electron chi connectivity index (χ1n) is 33.1. The van der Waals surface area contributed by atoms with Crippen molar-refractivity contribution in [1.82, 2.24) is 37.5 Å². The molecule has 0 fully saturated rings. The van der Waals surface area contributed by atoms with E-state index in [1.54, 1.807) is 117 Å². The van der Waals surface area contributed by atoms with Crippen molar-refractivity contribution >= 4 is 135 Å². The maximum absolute atomic E-state index is 12.4. The molecule has 0 radical (unpaired) electrons. The van der Waals surface area contributed by atoms with E-state index in [0.717, 1.165) is 92.6 Å². The summed E-state index contributed by atoms with van der Waals surface area (Å²) in [6.07, 6.45) is 8.82. The molecule has 1 aliphatic heterocycles. The number of aryl methyl sites for hydroxylation is 9. The van der Waals surface area contributed by atoms with Gasteiger partial charge in [-0.15, -0.1) is 0 Å². The van der Waals surface area contributed by atoms with Crippen molar-refractivity contribution in [3.63, 3.8) is 0 Å². The number of phenols is 1. The SMILES string of the molecule is C.Cc1cc(C(=O)NNC(=O)CCc2ccc(NS(C)(=O)=O)cc2)ccc1Cl.Cc1cc2c(cc1Cl)C(=O)N(NC(=O)CCc1ccc(NS(C)(=O)=O)cc1)C2=O.Cc1ccc(CCCNC(=O)CCc2ccc(O)cc2)cc1Cl.Cc1ccc(CCNNC(=O)CCc2ccc(NS(C)(=O)=O)cc2)cc1Cl. The van der Waals surface area contributed by atoms with Gasteiger partial charge in [-0.1, -0.05) is 127 Å². The number of carbonyl (C=O) groups is 7. The number of sulfonamides is 3. The van der Waals surface area contributed by atoms with Crippen molar-refractivity contribution in [3.05, 3.63) is 256 Å². The van der Waals surface area contributed by atoms with E-state index < -0.39 is 53.7 Å². The van der Waals surface area contributed by atoms with Crippen LogP contribution in [0.25, 0.3) is 0 Å². The number of halogens is 4. The molecular weight excluding hydrogens is 1510 g/mol. The summed E-state index contributed by atoms with van der Waals surface area (Å²) in [5.74, 6) is -2.30. The Balaban J connectivity index is 0.000000256. The molecule has 9 rings (SSSR count). The van der Waals surface area contributed by atoms with E-state index in [-0.39, 0.29) is 54.9 Å². The van der Waals surface area contributed by atoms with Crippen molar-refractivity contribution in [2.45, 2.75) is 106 Å². The maximum Gasteiger partial charge on any atom is 0.280 e. The summed E-state index contributed by atoms with van der Waals surface area (Å²) in [5, 5.41) is 15.3. The van der Waals surface area contributed by atoms with Crippen LogP contribution in [0.5, 0.6) is 5.75 Å². The monoisotopic (exact) mass is 1600 g/mol. The number of amides is 7. The van der Waals surface area contributed by atoms with Crippen LogP contribution in [0.15, 0.2) is 164 Å². The fraction of sp³-hybridized carbons (Fsp3) is 0.276. The third-order valence-electron chi connectivity index (χ3n) is 15.6. The predicted octanol–water partition coefficient (Wildman–Crippen LogP) is 12.2. The highest BCUT2D eigenvalue weighted by Crippen LogP contribution is 2.28. The molecule has 572 valence electrons. The standard InChI is InChI=1S/C19H18ClN3O5S.C19H24ClN3O3S.C19H22ClNO2.C18H20ClN3O4S.CH4/c1-11-9-14-15(10-16(11)20)19(26)23(18(14)25)21-17(24)8-5-12-3-6-13(7-4-12)22-29(2,27)28;1-14-3-4-16(13-18(14)20)11-12-21-22-19(24)10-7-15-5-8-17(9-6-15)23-27(2,25)26;1-14-4-5-16(13-18(14)20)3-2-12-21-19(23)11-8-15-6-9-17(22)10-7-15;1-12-11-14(6-9-16(12)19)18(24)21-20-17(23)10-5-13-3-7-15(8-4-13)22-27(2,25)26;/h3-4,6-7,9-10,22H,5,8H2,1-2H3,(H,21,24);3-6,8-9,13,21,23H,7,10-12H2,1-2H3,(H,22,24);4-7,9-10,13,22H,2-3,8,11-12H2,1H3,(H,21,23);3-4,6-9,11,22H,5,10H2,1-2H3,(H,20,23)(H,21,24);1H4. The van der Waals surface area contributed by atoms with Crippen molar-refractivity contribution in [2.75, 3.05) is 46.0 Å².